The van der Waals surface area contributed by atoms with Gasteiger partial charge in [0.2, 0.25) is 5.88 Å². The van der Waals surface area contributed by atoms with E-state index < -0.39 is 0 Å². The van der Waals surface area contributed by atoms with Gasteiger partial charge in [0.1, 0.15) is 12.0 Å². The molecule has 2 heterocycles. The summed E-state index contributed by atoms with van der Waals surface area (Å²) in [6.45, 7) is 2.93. The van der Waals surface area contributed by atoms with Gasteiger partial charge in [0.25, 0.3) is 0 Å². The molecule has 9 heteroatoms. The molecule has 0 bridgehead atoms. The van der Waals surface area contributed by atoms with Gasteiger partial charge in [-0.2, -0.15) is 10.2 Å². The van der Waals surface area contributed by atoms with E-state index in [0.29, 0.717) is 36.4 Å². The minimum atomic E-state index is 0.366. The molecule has 0 aliphatic heterocycles. The highest BCUT2D eigenvalue weighted by Crippen LogP contribution is 2.24. The molecule has 0 aromatic carbocycles. The van der Waals surface area contributed by atoms with Crippen LogP contribution in [-0.4, -0.2) is 37.2 Å². The van der Waals surface area contributed by atoms with E-state index in [1.54, 1.807) is 0 Å². The predicted octanol–water partition coefficient (Wildman–Crippen LogP) is -0.0272. The number of H-pyrrole nitrogens is 1. The largest absolute Gasteiger partial charge is 0.476 e. The molecule has 0 aliphatic rings. The summed E-state index contributed by atoms with van der Waals surface area (Å²) in [5.41, 5.74) is 6.26. The van der Waals surface area contributed by atoms with Crippen molar-refractivity contribution in [3.8, 4) is 5.88 Å². The van der Waals surface area contributed by atoms with Gasteiger partial charge in [0.15, 0.2) is 11.6 Å². The maximum absolute atomic E-state index is 5.89. The lowest BCUT2D eigenvalue weighted by Crippen LogP contribution is -2.09. The van der Waals surface area contributed by atoms with Crippen LogP contribution in [0.15, 0.2) is 6.33 Å². The maximum Gasteiger partial charge on any atom is 0.242 e. The lowest BCUT2D eigenvalue weighted by Gasteiger charge is -2.10. The normalized spacial score (nSPS) is 10.3. The molecule has 4 N–H and O–H groups in total. The molecule has 2 aromatic rings. The second-order valence-electron chi connectivity index (χ2n) is 3.47. The van der Waals surface area contributed by atoms with Crippen LogP contribution in [0.2, 0.25) is 0 Å². The number of nitrogens with one attached hydrogen (secondary N) is 2. The van der Waals surface area contributed by atoms with Gasteiger partial charge in [0.05, 0.1) is 13.2 Å². The van der Waals surface area contributed by atoms with Crippen molar-refractivity contribution in [1.29, 1.82) is 0 Å². The molecule has 0 amide bonds. The molecule has 0 fully saturated rings. The summed E-state index contributed by atoms with van der Waals surface area (Å²) in [6.07, 6.45) is 2.27. The molecule has 0 unspecified atom stereocenters. The molecule has 0 spiro atoms. The fraction of sp³-hybridized carbons (Fsp3) is 0.444. The summed E-state index contributed by atoms with van der Waals surface area (Å²) in [7, 11) is 0. The van der Waals surface area contributed by atoms with Crippen LogP contribution in [0.25, 0.3) is 0 Å². The molecular formula is C9H14N8O. The van der Waals surface area contributed by atoms with Crippen LogP contribution in [0.3, 0.4) is 0 Å². The monoisotopic (exact) mass is 250 g/mol. The molecule has 0 saturated carbocycles. The summed E-state index contributed by atoms with van der Waals surface area (Å²) in [4.78, 5) is 8.01. The average molecular weight is 250 g/mol. The van der Waals surface area contributed by atoms with Crippen LogP contribution < -0.4 is 15.8 Å². The van der Waals surface area contributed by atoms with Gasteiger partial charge >= 0.3 is 0 Å². The van der Waals surface area contributed by atoms with Crippen molar-refractivity contribution in [3.05, 3.63) is 12.2 Å². The second-order valence-corrected chi connectivity index (χ2v) is 3.47. The van der Waals surface area contributed by atoms with Crippen molar-refractivity contribution >= 4 is 11.5 Å². The molecular weight excluding hydrogens is 236 g/mol. The molecule has 2 aromatic heterocycles. The number of nitrogens with zero attached hydrogens (tertiary/aromatic N) is 5. The van der Waals surface area contributed by atoms with Crippen LogP contribution in [0.5, 0.6) is 5.88 Å². The Morgan fingerprint density at radius 1 is 1.44 bits per heavy atom. The van der Waals surface area contributed by atoms with Crippen molar-refractivity contribution in [3.63, 3.8) is 0 Å². The van der Waals surface area contributed by atoms with Crippen LogP contribution in [-0.2, 0) is 6.54 Å². The Morgan fingerprint density at radius 2 is 2.33 bits per heavy atom. The Labute approximate surface area is 103 Å². The zero-order chi connectivity index (χ0) is 12.8. The molecule has 0 radical (unpaired) electrons. The van der Waals surface area contributed by atoms with E-state index in [0.717, 1.165) is 6.42 Å². The number of ether oxygens (including phenoxy) is 1. The number of nitrogen functional groups attached to an aromatic ring is 1. The molecule has 96 valence electrons. The van der Waals surface area contributed by atoms with Gasteiger partial charge in [-0.15, -0.1) is 10.2 Å². The Morgan fingerprint density at radius 3 is 3.06 bits per heavy atom. The number of aromatic amines is 1. The van der Waals surface area contributed by atoms with Gasteiger partial charge in [0, 0.05) is 0 Å². The number of hydrogen-bond acceptors (Lipinski definition) is 8. The van der Waals surface area contributed by atoms with Gasteiger partial charge in [-0.25, -0.2) is 4.98 Å². The smallest absolute Gasteiger partial charge is 0.242 e. The first-order valence-corrected chi connectivity index (χ1v) is 5.50. The number of tetrazole rings is 1. The fourth-order valence-corrected chi connectivity index (χ4v) is 1.25. The Balaban J connectivity index is 2.03. The van der Waals surface area contributed by atoms with Crippen molar-refractivity contribution in [2.75, 3.05) is 17.7 Å². The highest BCUT2D eigenvalue weighted by atomic mass is 16.5. The number of aromatic nitrogens is 6. The maximum atomic E-state index is 5.89. The summed E-state index contributed by atoms with van der Waals surface area (Å²) in [5.74, 6) is 1.38. The van der Waals surface area contributed by atoms with E-state index in [1.165, 1.54) is 6.33 Å². The Kier molecular flexibility index (Phi) is 3.84. The van der Waals surface area contributed by atoms with Crippen LogP contribution in [0.1, 0.15) is 19.2 Å². The van der Waals surface area contributed by atoms with Crippen molar-refractivity contribution in [2.24, 2.45) is 0 Å². The fourth-order valence-electron chi connectivity index (χ4n) is 1.25. The molecule has 0 saturated heterocycles. The molecule has 9 nitrogen and oxygen atoms in total. The van der Waals surface area contributed by atoms with E-state index in [2.05, 4.69) is 35.9 Å². The lowest BCUT2D eigenvalue weighted by atomic mass is 10.4. The molecule has 2 rings (SSSR count). The summed E-state index contributed by atoms with van der Waals surface area (Å²) in [6, 6.07) is 0. The SMILES string of the molecule is CCCOc1ncnc(NCc2nn[nH]n2)c1N. The van der Waals surface area contributed by atoms with E-state index in [-0.39, 0.29) is 0 Å². The quantitative estimate of drug-likeness (QED) is 0.652. The van der Waals surface area contributed by atoms with Crippen LogP contribution in [0, 0.1) is 0 Å². The van der Waals surface area contributed by atoms with E-state index in [4.69, 9.17) is 10.5 Å². The third-order valence-corrected chi connectivity index (χ3v) is 2.09. The molecule has 0 aliphatic carbocycles. The summed E-state index contributed by atoms with van der Waals surface area (Å²) in [5, 5.41) is 16.4. The average Bonchev–Trinajstić information content (AvgIpc) is 2.89. The van der Waals surface area contributed by atoms with Crippen molar-refractivity contribution in [1.82, 2.24) is 30.6 Å². The first-order chi connectivity index (χ1) is 8.81. The van der Waals surface area contributed by atoms with Crippen LogP contribution >= 0.6 is 0 Å². The third kappa shape index (κ3) is 2.81. The third-order valence-electron chi connectivity index (χ3n) is 2.09. The highest BCUT2D eigenvalue weighted by Gasteiger charge is 2.09. The zero-order valence-corrected chi connectivity index (χ0v) is 9.92. The molecule has 0 atom stereocenters. The number of anilines is 2. The topological polar surface area (TPSA) is 128 Å². The van der Waals surface area contributed by atoms with Gasteiger partial charge in [-0.3, -0.25) is 0 Å². The van der Waals surface area contributed by atoms with E-state index in [9.17, 15) is 0 Å². The van der Waals surface area contributed by atoms with Crippen molar-refractivity contribution in [2.45, 2.75) is 19.9 Å². The van der Waals surface area contributed by atoms with E-state index in [1.807, 2.05) is 6.92 Å². The number of nitrogens with two attached hydrogens (primary N) is 1. The van der Waals surface area contributed by atoms with Gasteiger partial charge in [-0.1, -0.05) is 12.1 Å². The number of hydrogen-bond donors (Lipinski definition) is 3. The Hall–Kier alpha value is -2.45. The molecule has 18 heavy (non-hydrogen) atoms. The lowest BCUT2D eigenvalue weighted by molar-refractivity contribution is 0.306. The second kappa shape index (κ2) is 5.75. The van der Waals surface area contributed by atoms with Crippen LogP contribution in [0.4, 0.5) is 11.5 Å². The summed E-state index contributed by atoms with van der Waals surface area (Å²) >= 11 is 0. The minimum Gasteiger partial charge on any atom is -0.476 e. The first-order valence-electron chi connectivity index (χ1n) is 5.50. The first kappa shape index (κ1) is 12.0. The predicted molar refractivity (Wildman–Crippen MR) is 63.7 cm³/mol. The Bertz CT molecular complexity index is 485. The standard InChI is InChI=1S/C9H14N8O/c1-2-3-18-9-7(10)8(12-5-13-9)11-4-6-14-16-17-15-6/h5H,2-4,10H2,1H3,(H,11,12,13)(H,14,15,16,17). The number of rotatable bonds is 6. The zero-order valence-electron chi connectivity index (χ0n) is 9.92. The highest BCUT2D eigenvalue weighted by molar-refractivity contribution is 5.66. The summed E-state index contributed by atoms with van der Waals surface area (Å²) < 4.78 is 5.40. The van der Waals surface area contributed by atoms with Crippen molar-refractivity contribution < 1.29 is 4.74 Å². The van der Waals surface area contributed by atoms with Gasteiger partial charge in [-0.05, 0) is 6.42 Å². The minimum absolute atomic E-state index is 0.366. The van der Waals surface area contributed by atoms with Gasteiger partial charge < -0.3 is 15.8 Å². The van der Waals surface area contributed by atoms with E-state index >= 15 is 0 Å².